The number of ether oxygens (including phenoxy) is 1. The van der Waals surface area contributed by atoms with Gasteiger partial charge in [0.1, 0.15) is 17.9 Å². The van der Waals surface area contributed by atoms with E-state index in [1.165, 1.54) is 28.2 Å². The van der Waals surface area contributed by atoms with Gasteiger partial charge in [-0.1, -0.05) is 35.6 Å². The summed E-state index contributed by atoms with van der Waals surface area (Å²) in [6.45, 7) is 2.79. The summed E-state index contributed by atoms with van der Waals surface area (Å²) in [5.41, 5.74) is 1.64. The molecule has 160 valence electrons. The molecule has 1 saturated heterocycles. The van der Waals surface area contributed by atoms with Crippen LogP contribution in [-0.4, -0.2) is 57.9 Å². The van der Waals surface area contributed by atoms with E-state index in [-0.39, 0.29) is 17.7 Å². The van der Waals surface area contributed by atoms with Crippen molar-refractivity contribution >= 4 is 22.0 Å². The molecule has 9 heteroatoms. The van der Waals surface area contributed by atoms with Crippen LogP contribution in [0.2, 0.25) is 0 Å². The molecule has 2 aromatic heterocycles. The van der Waals surface area contributed by atoms with E-state index in [0.717, 1.165) is 16.2 Å². The van der Waals surface area contributed by atoms with Gasteiger partial charge in [0, 0.05) is 26.2 Å². The fourth-order valence-corrected chi connectivity index (χ4v) is 5.23. The summed E-state index contributed by atoms with van der Waals surface area (Å²) in [5.74, 6) is 0.650. The lowest BCUT2D eigenvalue weighted by molar-refractivity contribution is 0.210. The molecule has 0 aliphatic carbocycles. The Balaban J connectivity index is 1.48. The van der Waals surface area contributed by atoms with Crippen molar-refractivity contribution in [1.82, 2.24) is 19.5 Å². The predicted octanol–water partition coefficient (Wildman–Crippen LogP) is 3.56. The standard InChI is InChI=1S/C22H22FN5O2S/c1-30-16-6-4-5-15(13-16)19(20-21(29)28-22(31-20)24-14-25-28)27-11-9-26(10-12-27)18-8-3-2-7-17(18)23/h2-8,13-14,19,29H,9-12H2,1H3. The minimum Gasteiger partial charge on any atom is -0.497 e. The molecule has 5 rings (SSSR count). The van der Waals surface area contributed by atoms with Crippen LogP contribution in [0.3, 0.4) is 0 Å². The number of aromatic nitrogens is 3. The monoisotopic (exact) mass is 439 g/mol. The zero-order valence-corrected chi connectivity index (χ0v) is 17.8. The first-order chi connectivity index (χ1) is 15.2. The molecule has 1 N–H and O–H groups in total. The van der Waals surface area contributed by atoms with Crippen molar-refractivity contribution in [1.29, 1.82) is 0 Å². The molecule has 0 amide bonds. The Morgan fingerprint density at radius 1 is 1.10 bits per heavy atom. The number of para-hydroxylation sites is 1. The molecular formula is C22H22FN5O2S. The van der Waals surface area contributed by atoms with Gasteiger partial charge in [-0.3, -0.25) is 4.90 Å². The molecule has 0 radical (unpaired) electrons. The Bertz CT molecular complexity index is 1200. The lowest BCUT2D eigenvalue weighted by Gasteiger charge is -2.40. The van der Waals surface area contributed by atoms with Gasteiger partial charge in [0.05, 0.1) is 23.7 Å². The first kappa shape index (κ1) is 19.8. The maximum atomic E-state index is 14.3. The highest BCUT2D eigenvalue weighted by Crippen LogP contribution is 2.41. The quantitative estimate of drug-likeness (QED) is 0.513. The van der Waals surface area contributed by atoms with Gasteiger partial charge in [0.15, 0.2) is 0 Å². The molecule has 0 bridgehead atoms. The van der Waals surface area contributed by atoms with Crippen molar-refractivity contribution in [2.45, 2.75) is 6.04 Å². The van der Waals surface area contributed by atoms with Gasteiger partial charge in [0.2, 0.25) is 10.8 Å². The van der Waals surface area contributed by atoms with E-state index in [1.807, 2.05) is 36.4 Å². The van der Waals surface area contributed by atoms with Crippen molar-refractivity contribution in [2.24, 2.45) is 0 Å². The molecule has 7 nitrogen and oxygen atoms in total. The van der Waals surface area contributed by atoms with Gasteiger partial charge < -0.3 is 14.7 Å². The van der Waals surface area contributed by atoms with Gasteiger partial charge in [-0.25, -0.2) is 9.37 Å². The number of benzene rings is 2. The van der Waals surface area contributed by atoms with Crippen molar-refractivity contribution in [2.75, 3.05) is 38.2 Å². The third-order valence-electron chi connectivity index (χ3n) is 5.67. The van der Waals surface area contributed by atoms with E-state index >= 15 is 0 Å². The average molecular weight is 440 g/mol. The smallest absolute Gasteiger partial charge is 0.230 e. The van der Waals surface area contributed by atoms with Crippen molar-refractivity contribution < 1.29 is 14.2 Å². The molecule has 31 heavy (non-hydrogen) atoms. The van der Waals surface area contributed by atoms with Crippen molar-refractivity contribution in [3.63, 3.8) is 0 Å². The van der Waals surface area contributed by atoms with E-state index < -0.39 is 0 Å². The lowest BCUT2D eigenvalue weighted by Crippen LogP contribution is -2.48. The van der Waals surface area contributed by atoms with Crippen LogP contribution < -0.4 is 9.64 Å². The minimum absolute atomic E-state index is 0.0989. The number of piperazine rings is 1. The van der Waals surface area contributed by atoms with Crippen LogP contribution in [0.5, 0.6) is 11.6 Å². The average Bonchev–Trinajstić information content (AvgIpc) is 3.38. The summed E-state index contributed by atoms with van der Waals surface area (Å²) in [5, 5.41) is 15.0. The Labute approximate surface area is 182 Å². The Kier molecular flexibility index (Phi) is 5.21. The number of anilines is 1. The molecule has 4 aromatic rings. The van der Waals surface area contributed by atoms with Crippen LogP contribution in [0.4, 0.5) is 10.1 Å². The Morgan fingerprint density at radius 2 is 1.90 bits per heavy atom. The molecule has 1 aliphatic rings. The highest BCUT2D eigenvalue weighted by Gasteiger charge is 2.32. The van der Waals surface area contributed by atoms with Gasteiger partial charge in [-0.2, -0.15) is 9.61 Å². The number of fused-ring (bicyclic) bond motifs is 1. The van der Waals surface area contributed by atoms with E-state index in [1.54, 1.807) is 13.2 Å². The SMILES string of the molecule is COc1cccc(C(c2sc3ncnn3c2O)N2CCN(c3ccccc3F)CC2)c1. The molecule has 1 fully saturated rings. The van der Waals surface area contributed by atoms with Crippen LogP contribution >= 0.6 is 11.3 Å². The molecular weight excluding hydrogens is 417 g/mol. The molecule has 2 aromatic carbocycles. The third-order valence-corrected chi connectivity index (χ3v) is 6.76. The number of hydrogen-bond donors (Lipinski definition) is 1. The molecule has 0 spiro atoms. The summed E-state index contributed by atoms with van der Waals surface area (Å²) in [7, 11) is 1.64. The van der Waals surface area contributed by atoms with Gasteiger partial charge in [-0.05, 0) is 29.8 Å². The Morgan fingerprint density at radius 3 is 2.65 bits per heavy atom. The van der Waals surface area contributed by atoms with Crippen molar-refractivity contribution in [3.05, 3.63) is 71.1 Å². The second-order valence-corrected chi connectivity index (χ2v) is 8.41. The highest BCUT2D eigenvalue weighted by atomic mass is 32.1. The van der Waals surface area contributed by atoms with E-state index in [9.17, 15) is 9.50 Å². The maximum Gasteiger partial charge on any atom is 0.230 e. The van der Waals surface area contributed by atoms with Crippen LogP contribution in [-0.2, 0) is 0 Å². The summed E-state index contributed by atoms with van der Waals surface area (Å²) in [6, 6.07) is 14.6. The van der Waals surface area contributed by atoms with Crippen LogP contribution in [0.1, 0.15) is 16.5 Å². The minimum atomic E-state index is -0.205. The first-order valence-electron chi connectivity index (χ1n) is 10.0. The van der Waals surface area contributed by atoms with E-state index in [2.05, 4.69) is 19.9 Å². The number of rotatable bonds is 5. The number of thiazole rings is 1. The predicted molar refractivity (Wildman–Crippen MR) is 118 cm³/mol. The largest absolute Gasteiger partial charge is 0.497 e. The van der Waals surface area contributed by atoms with Crippen LogP contribution in [0.25, 0.3) is 4.96 Å². The molecule has 1 unspecified atom stereocenters. The van der Waals surface area contributed by atoms with Crippen LogP contribution in [0, 0.1) is 5.82 Å². The van der Waals surface area contributed by atoms with Crippen LogP contribution in [0.15, 0.2) is 54.9 Å². The Hall–Kier alpha value is -3.17. The molecule has 1 atom stereocenters. The third kappa shape index (κ3) is 3.60. The molecule has 3 heterocycles. The van der Waals surface area contributed by atoms with Gasteiger partial charge >= 0.3 is 0 Å². The molecule has 1 aliphatic heterocycles. The number of methoxy groups -OCH3 is 1. The zero-order chi connectivity index (χ0) is 21.4. The lowest BCUT2D eigenvalue weighted by atomic mass is 10.0. The first-order valence-corrected chi connectivity index (χ1v) is 10.9. The summed E-state index contributed by atoms with van der Waals surface area (Å²) in [6.07, 6.45) is 1.43. The summed E-state index contributed by atoms with van der Waals surface area (Å²) >= 11 is 1.42. The topological polar surface area (TPSA) is 66.1 Å². The normalized spacial score (nSPS) is 16.0. The van der Waals surface area contributed by atoms with Gasteiger partial charge in [0.25, 0.3) is 0 Å². The van der Waals surface area contributed by atoms with E-state index in [0.29, 0.717) is 36.8 Å². The fourth-order valence-electron chi connectivity index (χ4n) is 4.14. The second kappa shape index (κ2) is 8.16. The fraction of sp³-hybridized carbons (Fsp3) is 0.273. The summed E-state index contributed by atoms with van der Waals surface area (Å²) < 4.78 is 21.2. The number of hydrogen-bond acceptors (Lipinski definition) is 7. The van der Waals surface area contributed by atoms with E-state index in [4.69, 9.17) is 4.74 Å². The number of aromatic hydroxyl groups is 1. The highest BCUT2D eigenvalue weighted by molar-refractivity contribution is 7.17. The molecule has 0 saturated carbocycles. The zero-order valence-electron chi connectivity index (χ0n) is 17.0. The maximum absolute atomic E-state index is 14.3. The second-order valence-electron chi connectivity index (χ2n) is 7.40. The van der Waals surface area contributed by atoms with Gasteiger partial charge in [-0.15, -0.1) is 0 Å². The van der Waals surface area contributed by atoms with Crippen molar-refractivity contribution in [3.8, 4) is 11.6 Å². The number of nitrogens with zero attached hydrogens (tertiary/aromatic N) is 5. The summed E-state index contributed by atoms with van der Waals surface area (Å²) in [4.78, 5) is 10.0. The number of halogens is 1.